The lowest BCUT2D eigenvalue weighted by Crippen LogP contribution is -2.28. The van der Waals surface area contributed by atoms with Gasteiger partial charge in [0.1, 0.15) is 5.56 Å². The topological polar surface area (TPSA) is 11.2 Å². The van der Waals surface area contributed by atoms with E-state index in [0.717, 1.165) is 45.2 Å². The van der Waals surface area contributed by atoms with Gasteiger partial charge in [0.25, 0.3) is 0 Å². The second-order valence-corrected chi connectivity index (χ2v) is 12.9. The Bertz CT molecular complexity index is 2590. The quantitative estimate of drug-likeness (QED) is 0.128. The van der Waals surface area contributed by atoms with Gasteiger partial charge in [-0.25, -0.2) is 0 Å². The van der Waals surface area contributed by atoms with Crippen LogP contribution in [0.3, 0.4) is 0 Å². The van der Waals surface area contributed by atoms with Gasteiger partial charge < -0.3 is 9.47 Å². The van der Waals surface area contributed by atoms with Crippen LogP contribution in [0.1, 0.15) is 18.1 Å². The molecule has 2 aliphatic heterocycles. The Labute approximate surface area is 298 Å². The van der Waals surface area contributed by atoms with Crippen molar-refractivity contribution in [3.05, 3.63) is 206 Å². The molecule has 0 fully saturated rings. The molecule has 0 unspecified atom stereocenters. The minimum absolute atomic E-state index is 0.980. The summed E-state index contributed by atoms with van der Waals surface area (Å²) in [4.78, 5) is 2.23. The minimum Gasteiger partial charge on any atom is -0.317 e. The van der Waals surface area contributed by atoms with E-state index in [1.54, 1.807) is 0 Å². The lowest BCUT2D eigenvalue weighted by Gasteiger charge is -2.26. The molecule has 1 aromatic heterocycles. The molecular formula is C48H36N3+. The number of benzene rings is 6. The van der Waals surface area contributed by atoms with Crippen molar-refractivity contribution in [1.29, 1.82) is 0 Å². The molecule has 0 radical (unpaired) electrons. The summed E-state index contributed by atoms with van der Waals surface area (Å²) >= 11 is 0. The van der Waals surface area contributed by atoms with Crippen molar-refractivity contribution in [1.82, 2.24) is 9.14 Å². The zero-order chi connectivity index (χ0) is 34.3. The van der Waals surface area contributed by atoms with E-state index in [0.29, 0.717) is 0 Å². The molecule has 0 amide bonds. The summed E-state index contributed by atoms with van der Waals surface area (Å²) in [5, 5.41) is 2.50. The van der Waals surface area contributed by atoms with E-state index in [1.807, 2.05) is 0 Å². The van der Waals surface area contributed by atoms with Gasteiger partial charge in [-0.1, -0.05) is 104 Å². The number of nitrogens with zero attached hydrogens (tertiary/aromatic N) is 3. The van der Waals surface area contributed by atoms with Gasteiger partial charge in [-0.3, -0.25) is 0 Å². The van der Waals surface area contributed by atoms with Crippen LogP contribution in [0.15, 0.2) is 195 Å². The van der Waals surface area contributed by atoms with E-state index in [-0.39, 0.29) is 0 Å². The molecule has 51 heavy (non-hydrogen) atoms. The predicted octanol–water partition coefficient (Wildman–Crippen LogP) is 12.5. The van der Waals surface area contributed by atoms with Gasteiger partial charge in [-0.2, -0.15) is 4.58 Å². The van der Waals surface area contributed by atoms with Crippen molar-refractivity contribution in [3.8, 4) is 11.1 Å². The molecule has 0 saturated heterocycles. The molecule has 0 bridgehead atoms. The first kappa shape index (κ1) is 30.4. The van der Waals surface area contributed by atoms with E-state index in [1.165, 1.54) is 38.6 Å². The van der Waals surface area contributed by atoms with Crippen molar-refractivity contribution in [2.75, 3.05) is 4.90 Å². The van der Waals surface area contributed by atoms with Crippen molar-refractivity contribution in [2.24, 2.45) is 0 Å². The average molecular weight is 655 g/mol. The first-order valence-electron chi connectivity index (χ1n) is 17.4. The average Bonchev–Trinajstić information content (AvgIpc) is 3.51. The van der Waals surface area contributed by atoms with Crippen molar-refractivity contribution < 1.29 is 0 Å². The molecule has 7 aromatic rings. The maximum atomic E-state index is 4.46. The summed E-state index contributed by atoms with van der Waals surface area (Å²) in [6, 6.07) is 52.1. The second kappa shape index (κ2) is 12.6. The number of rotatable bonds is 6. The van der Waals surface area contributed by atoms with E-state index in [4.69, 9.17) is 0 Å². The van der Waals surface area contributed by atoms with E-state index >= 15 is 0 Å². The Morgan fingerprint density at radius 2 is 1.27 bits per heavy atom. The first-order valence-corrected chi connectivity index (χ1v) is 17.4. The third-order valence-corrected chi connectivity index (χ3v) is 9.84. The molecular weight excluding hydrogens is 619 g/mol. The summed E-state index contributed by atoms with van der Waals surface area (Å²) in [6.07, 6.45) is 15.0. The fourth-order valence-electron chi connectivity index (χ4n) is 7.48. The highest BCUT2D eigenvalue weighted by Gasteiger charge is 2.37. The SMILES string of the molecule is C=C1/C=C\C=C/N(c2ccccc2)c2ccc(-c3ccc4c(c3)C(/C=C(\C=C/C)n3c5ccccc5c5ccccc53)=[N+]4c3ccccc3)cc21. The fourth-order valence-corrected chi connectivity index (χ4v) is 7.48. The summed E-state index contributed by atoms with van der Waals surface area (Å²) in [6.45, 7) is 6.55. The number of anilines is 2. The monoisotopic (exact) mass is 654 g/mol. The Balaban J connectivity index is 1.20. The predicted molar refractivity (Wildman–Crippen MR) is 218 cm³/mol. The van der Waals surface area contributed by atoms with Crippen molar-refractivity contribution in [3.63, 3.8) is 0 Å². The largest absolute Gasteiger partial charge is 0.317 e. The molecule has 242 valence electrons. The zero-order valence-electron chi connectivity index (χ0n) is 28.4. The molecule has 6 aromatic carbocycles. The second-order valence-electron chi connectivity index (χ2n) is 12.9. The number of hydrogen-bond donors (Lipinski definition) is 0. The molecule has 2 aliphatic rings. The highest BCUT2D eigenvalue weighted by molar-refractivity contribution is 6.24. The molecule has 0 spiro atoms. The van der Waals surface area contributed by atoms with Crippen LogP contribution in [0.4, 0.5) is 22.7 Å². The van der Waals surface area contributed by atoms with Crippen LogP contribution < -0.4 is 9.48 Å². The van der Waals surface area contributed by atoms with Crippen LogP contribution >= 0.6 is 0 Å². The highest BCUT2D eigenvalue weighted by atomic mass is 15.1. The standard InChI is InChI=1S/C48H36N3/c1-3-16-39(51-45-24-12-10-22-40(45)41-23-11-13-25-46(41)51)33-48-43-32-36(27-29-47(43)50(48)38-20-8-5-9-21-38)35-26-28-44-42(31-35)34(2)17-14-15-30-49(44)37-18-6-4-7-19-37/h3-33H,2H2,1H3/q+1/b16-3-,17-14-,30-15-. The third kappa shape index (κ3) is 5.19. The number of fused-ring (bicyclic) bond motifs is 5. The van der Waals surface area contributed by atoms with Gasteiger partial charge in [-0.15, -0.1) is 0 Å². The van der Waals surface area contributed by atoms with Gasteiger partial charge in [0, 0.05) is 52.5 Å². The van der Waals surface area contributed by atoms with Crippen LogP contribution in [0, 0.1) is 0 Å². The normalized spacial score (nSPS) is 15.4. The summed E-state index contributed by atoms with van der Waals surface area (Å²) in [5.74, 6) is 0. The first-order chi connectivity index (χ1) is 25.2. The Kier molecular flexibility index (Phi) is 7.52. The lowest BCUT2D eigenvalue weighted by molar-refractivity contribution is 1.03. The fraction of sp³-hybridized carbons (Fsp3) is 0.0208. The third-order valence-electron chi connectivity index (χ3n) is 9.84. The van der Waals surface area contributed by atoms with Crippen LogP contribution in [-0.2, 0) is 0 Å². The number of allylic oxidation sites excluding steroid dienone is 8. The molecule has 0 aliphatic carbocycles. The Hall–Kier alpha value is -6.71. The molecule has 3 nitrogen and oxygen atoms in total. The van der Waals surface area contributed by atoms with E-state index in [9.17, 15) is 0 Å². The maximum Gasteiger partial charge on any atom is 0.227 e. The zero-order valence-corrected chi connectivity index (χ0v) is 28.4. The van der Waals surface area contributed by atoms with Crippen LogP contribution in [0.25, 0.3) is 44.2 Å². The Morgan fingerprint density at radius 1 is 0.647 bits per heavy atom. The highest BCUT2D eigenvalue weighted by Crippen LogP contribution is 2.41. The van der Waals surface area contributed by atoms with Crippen LogP contribution in [0.5, 0.6) is 0 Å². The minimum atomic E-state index is 0.980. The van der Waals surface area contributed by atoms with Crippen molar-refractivity contribution >= 4 is 61.5 Å². The van der Waals surface area contributed by atoms with Crippen LogP contribution in [0.2, 0.25) is 0 Å². The smallest absolute Gasteiger partial charge is 0.227 e. The summed E-state index contributed by atoms with van der Waals surface area (Å²) < 4.78 is 4.76. The van der Waals surface area contributed by atoms with Gasteiger partial charge in [-0.05, 0) is 84.3 Å². The van der Waals surface area contributed by atoms with Gasteiger partial charge in [0.15, 0.2) is 0 Å². The molecule has 0 atom stereocenters. The summed E-state index contributed by atoms with van der Waals surface area (Å²) in [5.41, 5.74) is 14.8. The van der Waals surface area contributed by atoms with E-state index in [2.05, 4.69) is 216 Å². The molecule has 9 rings (SSSR count). The van der Waals surface area contributed by atoms with Gasteiger partial charge in [0.2, 0.25) is 17.1 Å². The molecule has 0 saturated carbocycles. The van der Waals surface area contributed by atoms with Gasteiger partial charge in [0.05, 0.1) is 22.4 Å². The molecule has 3 heteroatoms. The number of aromatic nitrogens is 1. The molecule has 3 heterocycles. The molecule has 0 N–H and O–H groups in total. The van der Waals surface area contributed by atoms with Crippen LogP contribution in [-0.4, -0.2) is 10.3 Å². The Morgan fingerprint density at radius 3 is 1.98 bits per heavy atom. The summed E-state index contributed by atoms with van der Waals surface area (Å²) in [7, 11) is 0. The number of hydrogen-bond acceptors (Lipinski definition) is 1. The van der Waals surface area contributed by atoms with Gasteiger partial charge >= 0.3 is 0 Å². The van der Waals surface area contributed by atoms with Crippen molar-refractivity contribution in [2.45, 2.75) is 6.92 Å². The van der Waals surface area contributed by atoms with E-state index < -0.39 is 0 Å². The lowest BCUT2D eigenvalue weighted by atomic mass is 9.91. The number of para-hydroxylation sites is 4. The maximum absolute atomic E-state index is 4.46.